The molecule has 2 unspecified atom stereocenters. The number of aromatic nitrogens is 11. The lowest BCUT2D eigenvalue weighted by Crippen LogP contribution is -2.33. The number of nitrogens with zero attached hydrogens (tertiary/aromatic N) is 10. The first-order valence-electron chi connectivity index (χ1n) is 34.1. The number of amides is 1. The molecule has 0 saturated heterocycles. The van der Waals surface area contributed by atoms with E-state index in [0.29, 0.717) is 63.8 Å². The summed E-state index contributed by atoms with van der Waals surface area (Å²) in [5.74, 6) is 2.58. The predicted molar refractivity (Wildman–Crippen MR) is 376 cm³/mol. The summed E-state index contributed by atoms with van der Waals surface area (Å²) in [6.07, 6.45) is 16.8. The van der Waals surface area contributed by atoms with Gasteiger partial charge in [0.1, 0.15) is 23.3 Å². The van der Waals surface area contributed by atoms with Crippen molar-refractivity contribution in [3.63, 3.8) is 0 Å². The van der Waals surface area contributed by atoms with Gasteiger partial charge >= 0.3 is 0 Å². The number of hydrogen-bond acceptors (Lipinski definition) is 10. The summed E-state index contributed by atoms with van der Waals surface area (Å²) in [7, 11) is 0. The zero-order valence-corrected chi connectivity index (χ0v) is 56.0. The van der Waals surface area contributed by atoms with Crippen LogP contribution in [-0.4, -0.2) is 60.9 Å². The molecular formula is C79H73F5N14O2. The van der Waals surface area contributed by atoms with E-state index in [-0.39, 0.29) is 41.1 Å². The molecule has 100 heavy (non-hydrogen) atoms. The Balaban J connectivity index is 0.000000128. The molecule has 3 aliphatic carbocycles. The van der Waals surface area contributed by atoms with E-state index >= 15 is 0 Å². The fourth-order valence-electron chi connectivity index (χ4n) is 15.8. The molecule has 16 rings (SSSR count). The van der Waals surface area contributed by atoms with Crippen LogP contribution in [0.4, 0.5) is 27.6 Å². The number of aryl methyl sites for hydroxylation is 1. The van der Waals surface area contributed by atoms with Crippen LogP contribution >= 0.6 is 0 Å². The van der Waals surface area contributed by atoms with Crippen molar-refractivity contribution in [3.8, 4) is 11.5 Å². The Kier molecular flexibility index (Phi) is 18.3. The predicted octanol–water partition coefficient (Wildman–Crippen LogP) is 19.6. The third-order valence-electron chi connectivity index (χ3n) is 21.5. The van der Waals surface area contributed by atoms with Crippen molar-refractivity contribution < 1.29 is 31.3 Å². The Labute approximate surface area is 573 Å². The molecule has 506 valence electrons. The number of anilines is 1. The lowest BCUT2D eigenvalue weighted by Gasteiger charge is -2.33. The molecule has 4 N–H and O–H groups in total. The molecule has 0 bridgehead atoms. The molecule has 21 heteroatoms. The molecule has 3 aliphatic rings. The van der Waals surface area contributed by atoms with Crippen molar-refractivity contribution in [3.05, 3.63) is 232 Å². The molecule has 6 aromatic carbocycles. The smallest absolute Gasteiger partial charge is 0.289 e. The van der Waals surface area contributed by atoms with Crippen molar-refractivity contribution >= 4 is 77.4 Å². The zero-order chi connectivity index (χ0) is 69.6. The molecule has 3 fully saturated rings. The van der Waals surface area contributed by atoms with E-state index in [1.54, 1.807) is 48.8 Å². The van der Waals surface area contributed by atoms with Crippen LogP contribution in [0.15, 0.2) is 144 Å². The minimum absolute atomic E-state index is 0.0383. The van der Waals surface area contributed by atoms with E-state index in [2.05, 4.69) is 73.0 Å². The summed E-state index contributed by atoms with van der Waals surface area (Å²) in [4.78, 5) is 60.8. The van der Waals surface area contributed by atoms with Crippen LogP contribution in [0.5, 0.6) is 0 Å². The Morgan fingerprint density at radius 1 is 0.520 bits per heavy atom. The van der Waals surface area contributed by atoms with Crippen molar-refractivity contribution in [1.29, 1.82) is 0 Å². The summed E-state index contributed by atoms with van der Waals surface area (Å²) < 4.78 is 74.2. The van der Waals surface area contributed by atoms with Gasteiger partial charge in [0.15, 0.2) is 29.1 Å². The normalized spacial score (nSPS) is 20.2. The Morgan fingerprint density at radius 3 is 1.44 bits per heavy atom. The van der Waals surface area contributed by atoms with E-state index in [4.69, 9.17) is 27.6 Å². The minimum atomic E-state index is -0.957. The molecule has 1 amide bonds. The Hall–Kier alpha value is -10.8. The molecule has 13 aromatic rings. The maximum absolute atomic E-state index is 13.9. The van der Waals surface area contributed by atoms with Crippen molar-refractivity contribution in [1.82, 2.24) is 55.0 Å². The maximum atomic E-state index is 13.9. The topological polar surface area (TPSA) is 201 Å². The molecular weight excluding hydrogens is 1270 g/mol. The van der Waals surface area contributed by atoms with Crippen LogP contribution in [0, 0.1) is 66.9 Å². The summed E-state index contributed by atoms with van der Waals surface area (Å²) in [6.45, 7) is 25.3. The van der Waals surface area contributed by atoms with Crippen LogP contribution < -0.4 is 5.32 Å². The third kappa shape index (κ3) is 13.2. The average molecular weight is 1350 g/mol. The van der Waals surface area contributed by atoms with Gasteiger partial charge in [-0.25, -0.2) is 50.0 Å². The van der Waals surface area contributed by atoms with Gasteiger partial charge in [0.05, 0.1) is 49.7 Å². The van der Waals surface area contributed by atoms with Gasteiger partial charge in [-0.2, -0.15) is 4.98 Å². The summed E-state index contributed by atoms with van der Waals surface area (Å²) >= 11 is 0. The van der Waals surface area contributed by atoms with Crippen LogP contribution in [0.2, 0.25) is 0 Å². The number of fused-ring (bicyclic) bond motifs is 6. The molecule has 7 aromatic heterocycles. The number of halogens is 5. The molecule has 3 atom stereocenters. The fraction of sp³-hybridized carbons (Fsp3) is 0.329. The summed E-state index contributed by atoms with van der Waals surface area (Å²) in [5.41, 5.74) is 9.99. The largest absolute Gasteiger partial charge is 0.342 e. The van der Waals surface area contributed by atoms with Gasteiger partial charge in [0.2, 0.25) is 5.91 Å². The molecule has 16 nitrogen and oxygen atoms in total. The van der Waals surface area contributed by atoms with E-state index in [0.717, 1.165) is 166 Å². The maximum Gasteiger partial charge on any atom is 0.289 e. The fourth-order valence-corrected chi connectivity index (χ4v) is 15.8. The van der Waals surface area contributed by atoms with Crippen LogP contribution in [0.3, 0.4) is 0 Å². The van der Waals surface area contributed by atoms with Gasteiger partial charge in [0.25, 0.3) is 17.0 Å². The second kappa shape index (κ2) is 27.5. The first kappa shape index (κ1) is 66.4. The number of imidazole rings is 3. The number of aromatic amines is 3. The number of rotatable bonds is 11. The van der Waals surface area contributed by atoms with Crippen LogP contribution in [0.25, 0.3) is 87.0 Å². The zero-order valence-electron chi connectivity index (χ0n) is 56.0. The second-order valence-electron chi connectivity index (χ2n) is 27.6. The van der Waals surface area contributed by atoms with Gasteiger partial charge in [-0.05, 0) is 234 Å². The highest BCUT2D eigenvalue weighted by Gasteiger charge is 2.48. The van der Waals surface area contributed by atoms with E-state index in [1.165, 1.54) is 30.7 Å². The highest BCUT2D eigenvalue weighted by molar-refractivity contribution is 5.92. The Morgan fingerprint density at radius 2 is 0.960 bits per heavy atom. The van der Waals surface area contributed by atoms with Gasteiger partial charge in [0, 0.05) is 96.7 Å². The summed E-state index contributed by atoms with van der Waals surface area (Å²) in [6, 6.07) is 34.0. The number of pyridine rings is 3. The quantitative estimate of drug-likeness (QED) is 0.0713. The van der Waals surface area contributed by atoms with E-state index in [1.807, 2.05) is 75.5 Å². The van der Waals surface area contributed by atoms with Gasteiger partial charge in [-0.15, -0.1) is 0 Å². The van der Waals surface area contributed by atoms with Crippen LogP contribution in [0.1, 0.15) is 168 Å². The SMILES string of the molecule is Cc1noc(-c2ccc3nc([C@@H](C)C4CCC(c5ccnc6ccc(F)cc56)CC4)[nH]c3c2)n1.[C-]#[N+]C(C)(c1nc2cc(F)c(F)cc2[nH]1)C1CCC(c2ccnc3ccc(F)cc23)CC1.[C-]#[N+]C(C)(c1nc2ccc(NC(C)=O)cc2[nH]1)C1CCC(c2ccnc3ccc(F)cc23)CC1. The number of hydrogen-bond donors (Lipinski definition) is 4. The number of benzene rings is 6. The first-order valence-corrected chi connectivity index (χ1v) is 34.1. The highest BCUT2D eigenvalue weighted by Crippen LogP contribution is 2.49. The minimum Gasteiger partial charge on any atom is -0.342 e. The molecule has 3 saturated carbocycles. The van der Waals surface area contributed by atoms with Crippen molar-refractivity contribution in [2.45, 2.75) is 146 Å². The summed E-state index contributed by atoms with van der Waals surface area (Å²) in [5, 5.41) is 9.33. The van der Waals surface area contributed by atoms with E-state index < -0.39 is 22.7 Å². The van der Waals surface area contributed by atoms with Crippen molar-refractivity contribution in [2.24, 2.45) is 17.8 Å². The first-order chi connectivity index (χ1) is 48.3. The van der Waals surface area contributed by atoms with Gasteiger partial charge in [-0.3, -0.25) is 19.7 Å². The monoisotopic (exact) mass is 1340 g/mol. The lowest BCUT2D eigenvalue weighted by atomic mass is 9.70. The molecule has 0 spiro atoms. The molecule has 7 heterocycles. The molecule has 0 radical (unpaired) electrons. The standard InChI is InChI=1S/2C27H26FN5O.C25H21F3N4/c1-15(26-31-24-9-7-19(13-25(24)32-26)27-30-16(2)33-34-27)17-3-5-18(6-4-17)21-11-12-29-23-10-8-20(28)14-22(21)23;1-16(34)31-20-9-11-24-25(15-20)33-26(32-24)27(2,29-3)18-6-4-17(5-7-18)21-12-13-30-23-10-8-19(28)14-22(21)23;1-25(29-2,24-31-22-12-19(27)20(28)13-23(22)32-24)15-5-3-14(4-6-15)17-9-10-30-21-8-7-16(26)11-18(17)21/h7-15,17-18H,3-6H2,1-2H3,(H,31,32);8-15,17-18H,4-7H2,1-2H3,(H,31,34)(H,32,33);7-15H,3-6H2,1H3,(H,31,32)/t15-,17?,18?;;/m0../s1. The number of carbonyl (C=O) groups excluding carboxylic acids is 1. The Bertz CT molecular complexity index is 5280. The van der Waals surface area contributed by atoms with E-state index in [9.17, 15) is 26.7 Å². The second-order valence-corrected chi connectivity index (χ2v) is 27.6. The average Bonchev–Trinajstić information content (AvgIpc) is 1.43. The van der Waals surface area contributed by atoms with Gasteiger partial charge in [-0.1, -0.05) is 12.1 Å². The number of nitrogens with one attached hydrogen (secondary N) is 4. The third-order valence-corrected chi connectivity index (χ3v) is 21.5. The molecule has 0 aliphatic heterocycles. The van der Waals surface area contributed by atoms with Crippen molar-refractivity contribution in [2.75, 3.05) is 5.32 Å². The van der Waals surface area contributed by atoms with Gasteiger partial charge < -0.3 is 34.5 Å². The number of H-pyrrole nitrogens is 3. The highest BCUT2D eigenvalue weighted by atomic mass is 19.2. The lowest BCUT2D eigenvalue weighted by molar-refractivity contribution is -0.114. The van der Waals surface area contributed by atoms with Crippen LogP contribution in [-0.2, 0) is 15.9 Å². The number of carbonyl (C=O) groups is 1.